The van der Waals surface area contributed by atoms with Crippen molar-refractivity contribution in [1.29, 1.82) is 0 Å². The maximum Gasteiger partial charge on any atom is 0.369 e. The molecule has 1 aromatic carbocycles. The van der Waals surface area contributed by atoms with Gasteiger partial charge in [-0.3, -0.25) is 4.79 Å². The molecule has 4 rings (SSSR count). The monoisotopic (exact) mass is 435 g/mol. The summed E-state index contributed by atoms with van der Waals surface area (Å²) in [5.74, 6) is -0.745. The Kier molecular flexibility index (Phi) is 5.51. The largest absolute Gasteiger partial charge is 0.369 e. The highest BCUT2D eigenvalue weighted by molar-refractivity contribution is 7.12. The van der Waals surface area contributed by atoms with Gasteiger partial charge in [0.2, 0.25) is 5.91 Å². The van der Waals surface area contributed by atoms with Crippen LogP contribution in [0.5, 0.6) is 0 Å². The minimum absolute atomic E-state index is 0.164. The molecule has 0 aliphatic heterocycles. The number of aromatic nitrogens is 4. The normalized spacial score (nSPS) is 15.5. The number of nitrogens with zero attached hydrogens (tertiary/aromatic N) is 4. The van der Waals surface area contributed by atoms with Crippen LogP contribution >= 0.6 is 22.9 Å². The van der Waals surface area contributed by atoms with Crippen molar-refractivity contribution in [2.45, 2.75) is 37.6 Å². The second-order valence-electron chi connectivity index (χ2n) is 6.99. The number of thiophene rings is 1. The Bertz CT molecular complexity index is 1050. The second kappa shape index (κ2) is 8.08. The average molecular weight is 436 g/mol. The first-order valence-electron chi connectivity index (χ1n) is 9.32. The van der Waals surface area contributed by atoms with Gasteiger partial charge in [0, 0.05) is 17.1 Å². The summed E-state index contributed by atoms with van der Waals surface area (Å²) >= 11 is 7.64. The predicted octanol–water partition coefficient (Wildman–Crippen LogP) is 2.91. The van der Waals surface area contributed by atoms with E-state index in [1.165, 1.54) is 32.8 Å². The summed E-state index contributed by atoms with van der Waals surface area (Å²) in [5, 5.41) is 13.3. The minimum atomic E-state index is -0.984. The van der Waals surface area contributed by atoms with Gasteiger partial charge >= 0.3 is 5.69 Å². The molecule has 29 heavy (non-hydrogen) atoms. The number of benzene rings is 1. The molecule has 2 heterocycles. The molecule has 1 saturated carbocycles. The van der Waals surface area contributed by atoms with Crippen molar-refractivity contribution in [2.75, 3.05) is 6.54 Å². The molecule has 1 aliphatic rings. The molecule has 1 fully saturated rings. The Labute approximate surface area is 175 Å². The predicted molar refractivity (Wildman–Crippen MR) is 108 cm³/mol. The number of carbonyl (C=O) groups excluding carboxylic acids is 1. The Morgan fingerprint density at radius 2 is 2.03 bits per heavy atom. The number of hydrogen-bond acceptors (Lipinski definition) is 5. The summed E-state index contributed by atoms with van der Waals surface area (Å²) in [4.78, 5) is 25.5. The Morgan fingerprint density at radius 3 is 2.72 bits per heavy atom. The SMILES string of the molecule is O=C(NCCn1nnn(-c2cccs2)c1=O)C1(c2c(F)cccc2Cl)CCCC1. The van der Waals surface area contributed by atoms with Crippen LogP contribution < -0.4 is 11.0 Å². The van der Waals surface area contributed by atoms with Crippen LogP contribution in [0.4, 0.5) is 4.39 Å². The molecular formula is C19H19ClFN5O2S. The molecule has 10 heteroatoms. The molecule has 0 spiro atoms. The molecule has 0 saturated heterocycles. The zero-order valence-corrected chi connectivity index (χ0v) is 17.0. The van der Waals surface area contributed by atoms with Crippen molar-refractivity contribution in [3.8, 4) is 5.00 Å². The third kappa shape index (κ3) is 3.60. The van der Waals surface area contributed by atoms with Gasteiger partial charge in [-0.15, -0.1) is 11.3 Å². The van der Waals surface area contributed by atoms with Gasteiger partial charge in [-0.05, 0) is 52.9 Å². The summed E-state index contributed by atoms with van der Waals surface area (Å²) in [5.41, 5.74) is -1.10. The van der Waals surface area contributed by atoms with Gasteiger partial charge in [0.25, 0.3) is 0 Å². The van der Waals surface area contributed by atoms with Crippen LogP contribution in [-0.2, 0) is 16.8 Å². The molecular weight excluding hydrogens is 417 g/mol. The van der Waals surface area contributed by atoms with E-state index < -0.39 is 11.2 Å². The van der Waals surface area contributed by atoms with Crippen LogP contribution in [-0.4, -0.2) is 32.2 Å². The summed E-state index contributed by atoms with van der Waals surface area (Å²) in [7, 11) is 0. The highest BCUT2D eigenvalue weighted by Crippen LogP contribution is 2.45. The highest BCUT2D eigenvalue weighted by atomic mass is 35.5. The maximum atomic E-state index is 14.6. The highest BCUT2D eigenvalue weighted by Gasteiger charge is 2.45. The first kappa shape index (κ1) is 19.8. The molecule has 0 unspecified atom stereocenters. The lowest BCUT2D eigenvalue weighted by Gasteiger charge is -2.29. The van der Waals surface area contributed by atoms with E-state index in [0.717, 1.165) is 12.8 Å². The van der Waals surface area contributed by atoms with Crippen LogP contribution in [0.25, 0.3) is 5.00 Å². The van der Waals surface area contributed by atoms with E-state index in [1.54, 1.807) is 12.1 Å². The van der Waals surface area contributed by atoms with E-state index in [9.17, 15) is 14.0 Å². The standard InChI is InChI=1S/C19H19ClFN5O2S/c20-13-5-3-6-14(21)16(13)19(8-1-2-9-19)17(27)22-10-11-25-18(28)26(24-23-25)15-7-4-12-29-15/h3-7,12H,1-2,8-11H2,(H,22,27). The zero-order valence-electron chi connectivity index (χ0n) is 15.5. The minimum Gasteiger partial charge on any atom is -0.353 e. The average Bonchev–Trinajstić information content (AvgIpc) is 3.44. The first-order chi connectivity index (χ1) is 14.0. The molecule has 7 nitrogen and oxygen atoms in total. The smallest absolute Gasteiger partial charge is 0.353 e. The van der Waals surface area contributed by atoms with Gasteiger partial charge < -0.3 is 5.32 Å². The Morgan fingerprint density at radius 1 is 1.24 bits per heavy atom. The Hall–Kier alpha value is -2.52. The van der Waals surface area contributed by atoms with Crippen LogP contribution in [0.2, 0.25) is 5.02 Å². The lowest BCUT2D eigenvalue weighted by molar-refractivity contribution is -0.126. The summed E-state index contributed by atoms with van der Waals surface area (Å²) in [6, 6.07) is 8.06. The molecule has 2 aromatic heterocycles. The van der Waals surface area contributed by atoms with Crippen molar-refractivity contribution in [3.63, 3.8) is 0 Å². The van der Waals surface area contributed by atoms with E-state index in [-0.39, 0.29) is 35.3 Å². The third-order valence-electron chi connectivity index (χ3n) is 5.30. The number of amides is 1. The lowest BCUT2D eigenvalue weighted by atomic mass is 9.77. The van der Waals surface area contributed by atoms with Gasteiger partial charge in [-0.25, -0.2) is 9.18 Å². The van der Waals surface area contributed by atoms with Crippen molar-refractivity contribution < 1.29 is 9.18 Å². The van der Waals surface area contributed by atoms with Crippen LogP contribution in [0.15, 0.2) is 40.5 Å². The van der Waals surface area contributed by atoms with E-state index in [1.807, 2.05) is 11.4 Å². The number of tetrazole rings is 1. The van der Waals surface area contributed by atoms with Crippen LogP contribution in [0.3, 0.4) is 0 Å². The summed E-state index contributed by atoms with van der Waals surface area (Å²) in [6.07, 6.45) is 2.72. The van der Waals surface area contributed by atoms with Gasteiger partial charge in [0.1, 0.15) is 10.8 Å². The molecule has 1 N–H and O–H groups in total. The quantitative estimate of drug-likeness (QED) is 0.645. The van der Waals surface area contributed by atoms with E-state index >= 15 is 0 Å². The van der Waals surface area contributed by atoms with Crippen molar-refractivity contribution in [2.24, 2.45) is 0 Å². The van der Waals surface area contributed by atoms with E-state index in [4.69, 9.17) is 11.6 Å². The zero-order chi connectivity index (χ0) is 20.4. The van der Waals surface area contributed by atoms with Crippen molar-refractivity contribution in [1.82, 2.24) is 25.1 Å². The molecule has 152 valence electrons. The second-order valence-corrected chi connectivity index (χ2v) is 8.32. The number of carbonyl (C=O) groups is 1. The van der Waals surface area contributed by atoms with Gasteiger partial charge in [0.05, 0.1) is 12.0 Å². The van der Waals surface area contributed by atoms with E-state index in [2.05, 4.69) is 15.7 Å². The fraction of sp³-hybridized carbons (Fsp3) is 0.368. The van der Waals surface area contributed by atoms with Crippen LogP contribution in [0, 0.1) is 5.82 Å². The summed E-state index contributed by atoms with van der Waals surface area (Å²) < 4.78 is 17.0. The van der Waals surface area contributed by atoms with Crippen molar-refractivity contribution >= 4 is 28.8 Å². The van der Waals surface area contributed by atoms with Gasteiger partial charge in [-0.2, -0.15) is 9.36 Å². The van der Waals surface area contributed by atoms with Crippen molar-refractivity contribution in [3.05, 3.63) is 62.6 Å². The number of nitrogens with one attached hydrogen (secondary N) is 1. The number of hydrogen-bond donors (Lipinski definition) is 1. The molecule has 3 aromatic rings. The summed E-state index contributed by atoms with van der Waals surface area (Å²) in [6.45, 7) is 0.340. The molecule has 1 amide bonds. The first-order valence-corrected chi connectivity index (χ1v) is 10.6. The number of rotatable bonds is 6. The molecule has 0 bridgehead atoms. The van der Waals surface area contributed by atoms with Crippen LogP contribution in [0.1, 0.15) is 31.2 Å². The molecule has 0 atom stereocenters. The Balaban J connectivity index is 1.48. The van der Waals surface area contributed by atoms with Gasteiger partial charge in [0.15, 0.2) is 0 Å². The molecule has 1 aliphatic carbocycles. The van der Waals surface area contributed by atoms with E-state index in [0.29, 0.717) is 17.8 Å². The lowest BCUT2D eigenvalue weighted by Crippen LogP contribution is -2.45. The molecule has 0 radical (unpaired) electrons. The topological polar surface area (TPSA) is 81.8 Å². The fourth-order valence-electron chi connectivity index (χ4n) is 3.91. The van der Waals surface area contributed by atoms with Gasteiger partial charge in [-0.1, -0.05) is 30.5 Å². The fourth-order valence-corrected chi connectivity index (χ4v) is 4.92. The maximum absolute atomic E-state index is 14.6. The third-order valence-corrected chi connectivity index (χ3v) is 6.46. The number of halogens is 2.